The zero-order valence-electron chi connectivity index (χ0n) is 16.7. The third kappa shape index (κ3) is 5.54. The molecule has 9 heteroatoms. The fourth-order valence-electron chi connectivity index (χ4n) is 4.24. The molecule has 0 spiro atoms. The van der Waals surface area contributed by atoms with Gasteiger partial charge < -0.3 is 4.90 Å². The normalized spacial score (nSPS) is 19.2. The molecule has 1 heterocycles. The average molecular weight is 424 g/mol. The summed E-state index contributed by atoms with van der Waals surface area (Å²) in [6.07, 6.45) is 9.08. The van der Waals surface area contributed by atoms with Gasteiger partial charge >= 0.3 is 0 Å². The maximum absolute atomic E-state index is 12.7. The zero-order valence-corrected chi connectivity index (χ0v) is 17.5. The smallest absolute Gasteiger partial charge is 0.269 e. The molecule has 1 amide bonds. The molecule has 0 aromatic heterocycles. The van der Waals surface area contributed by atoms with Crippen LogP contribution in [-0.2, 0) is 14.8 Å². The Bertz CT molecular complexity index is 811. The third-order valence-corrected chi connectivity index (χ3v) is 7.92. The van der Waals surface area contributed by atoms with Crippen molar-refractivity contribution in [2.24, 2.45) is 5.92 Å². The lowest BCUT2D eigenvalue weighted by molar-refractivity contribution is -0.384. The highest BCUT2D eigenvalue weighted by atomic mass is 32.2. The summed E-state index contributed by atoms with van der Waals surface area (Å²) in [6, 6.07) is 4.91. The molecule has 2 aliphatic rings. The molecule has 1 aromatic rings. The minimum atomic E-state index is -3.71. The van der Waals surface area contributed by atoms with E-state index in [4.69, 9.17) is 0 Å². The van der Waals surface area contributed by atoms with Crippen molar-refractivity contribution in [2.75, 3.05) is 26.2 Å². The number of nitro benzene ring substituents is 1. The van der Waals surface area contributed by atoms with Gasteiger partial charge in [0.15, 0.2) is 0 Å². The predicted octanol–water partition coefficient (Wildman–Crippen LogP) is 3.18. The molecule has 2 fully saturated rings. The number of rotatable bonds is 7. The topological polar surface area (TPSA) is 101 Å². The summed E-state index contributed by atoms with van der Waals surface area (Å²) < 4.78 is 26.8. The largest absolute Gasteiger partial charge is 0.340 e. The van der Waals surface area contributed by atoms with Crippen molar-refractivity contribution in [1.82, 2.24) is 9.21 Å². The van der Waals surface area contributed by atoms with Crippen LogP contribution in [-0.4, -0.2) is 54.6 Å². The van der Waals surface area contributed by atoms with Crippen molar-refractivity contribution < 1.29 is 18.1 Å². The fourth-order valence-corrected chi connectivity index (χ4v) is 5.66. The van der Waals surface area contributed by atoms with Crippen molar-refractivity contribution in [3.05, 3.63) is 34.4 Å². The van der Waals surface area contributed by atoms with E-state index in [9.17, 15) is 23.3 Å². The molecule has 0 radical (unpaired) electrons. The van der Waals surface area contributed by atoms with Crippen LogP contribution >= 0.6 is 0 Å². The molecule has 1 saturated carbocycles. The number of piperazine rings is 1. The van der Waals surface area contributed by atoms with Crippen LogP contribution in [0.4, 0.5) is 5.69 Å². The number of benzene rings is 1. The lowest BCUT2D eigenvalue weighted by atomic mass is 9.86. The molecule has 3 rings (SSSR count). The Balaban J connectivity index is 1.47. The number of non-ortho nitro benzene ring substituents is 1. The van der Waals surface area contributed by atoms with Crippen LogP contribution in [0.15, 0.2) is 29.2 Å². The van der Waals surface area contributed by atoms with Crippen LogP contribution in [0.25, 0.3) is 0 Å². The molecule has 160 valence electrons. The number of sulfonamides is 1. The molecule has 0 N–H and O–H groups in total. The lowest BCUT2D eigenvalue weighted by Crippen LogP contribution is -2.50. The van der Waals surface area contributed by atoms with E-state index < -0.39 is 14.9 Å². The van der Waals surface area contributed by atoms with Crippen molar-refractivity contribution >= 4 is 21.6 Å². The van der Waals surface area contributed by atoms with Crippen LogP contribution in [0.3, 0.4) is 0 Å². The fraction of sp³-hybridized carbons (Fsp3) is 0.650. The van der Waals surface area contributed by atoms with Crippen molar-refractivity contribution in [2.45, 2.75) is 56.3 Å². The molecular formula is C20H29N3O5S. The van der Waals surface area contributed by atoms with Crippen LogP contribution in [0, 0.1) is 16.0 Å². The van der Waals surface area contributed by atoms with Crippen molar-refractivity contribution in [3.63, 3.8) is 0 Å². The van der Waals surface area contributed by atoms with Crippen LogP contribution < -0.4 is 0 Å². The first-order chi connectivity index (χ1) is 13.9. The summed E-state index contributed by atoms with van der Waals surface area (Å²) in [7, 11) is -3.71. The predicted molar refractivity (Wildman–Crippen MR) is 109 cm³/mol. The van der Waals surface area contributed by atoms with E-state index in [1.54, 1.807) is 4.90 Å². The zero-order chi connectivity index (χ0) is 20.9. The molecule has 1 aromatic carbocycles. The van der Waals surface area contributed by atoms with Crippen LogP contribution in [0.5, 0.6) is 0 Å². The highest BCUT2D eigenvalue weighted by Gasteiger charge is 2.30. The van der Waals surface area contributed by atoms with E-state index in [2.05, 4.69) is 0 Å². The molecular weight excluding hydrogens is 394 g/mol. The summed E-state index contributed by atoms with van der Waals surface area (Å²) in [5, 5.41) is 10.7. The molecule has 8 nitrogen and oxygen atoms in total. The second-order valence-electron chi connectivity index (χ2n) is 7.93. The van der Waals surface area contributed by atoms with Crippen LogP contribution in [0.2, 0.25) is 0 Å². The van der Waals surface area contributed by atoms with Gasteiger partial charge in [0.05, 0.1) is 9.82 Å². The number of nitrogens with zero attached hydrogens (tertiary/aromatic N) is 3. The van der Waals surface area contributed by atoms with Gasteiger partial charge in [0.2, 0.25) is 15.9 Å². The van der Waals surface area contributed by atoms with Gasteiger partial charge in [-0.3, -0.25) is 14.9 Å². The molecule has 1 saturated heterocycles. The van der Waals surface area contributed by atoms with Gasteiger partial charge in [-0.1, -0.05) is 32.1 Å². The number of nitro groups is 1. The Morgan fingerprint density at radius 1 is 1.03 bits per heavy atom. The highest BCUT2D eigenvalue weighted by molar-refractivity contribution is 7.89. The van der Waals surface area contributed by atoms with E-state index in [0.717, 1.165) is 18.8 Å². The SMILES string of the molecule is O=C(CCCC1CCCCC1)N1CCN(S(=O)(=O)c2ccc([N+](=O)[O-])cc2)CC1. The number of carbonyl (C=O) groups excluding carboxylic acids is 1. The highest BCUT2D eigenvalue weighted by Crippen LogP contribution is 2.28. The van der Waals surface area contributed by atoms with Crippen LogP contribution in [0.1, 0.15) is 51.4 Å². The van der Waals surface area contributed by atoms with E-state index in [1.807, 2.05) is 0 Å². The molecule has 1 aliphatic carbocycles. The van der Waals surface area contributed by atoms with E-state index in [-0.39, 0.29) is 29.6 Å². The van der Waals surface area contributed by atoms with Gasteiger partial charge in [0, 0.05) is 44.7 Å². The molecule has 0 unspecified atom stereocenters. The Kier molecular flexibility index (Phi) is 7.23. The Hall–Kier alpha value is -2.00. The van der Waals surface area contributed by atoms with E-state index in [1.165, 1.54) is 60.7 Å². The van der Waals surface area contributed by atoms with Crippen molar-refractivity contribution in [3.8, 4) is 0 Å². The summed E-state index contributed by atoms with van der Waals surface area (Å²) in [5.41, 5.74) is -0.146. The van der Waals surface area contributed by atoms with Gasteiger partial charge in [-0.25, -0.2) is 8.42 Å². The maximum atomic E-state index is 12.7. The van der Waals surface area contributed by atoms with E-state index in [0.29, 0.717) is 19.5 Å². The standard InChI is InChI=1S/C20H29N3O5S/c24-20(8-4-7-17-5-2-1-3-6-17)21-13-15-22(16-14-21)29(27,28)19-11-9-18(10-12-19)23(25)26/h9-12,17H,1-8,13-16H2. The number of amides is 1. The van der Waals surface area contributed by atoms with E-state index >= 15 is 0 Å². The van der Waals surface area contributed by atoms with Gasteiger partial charge in [0.1, 0.15) is 0 Å². The molecule has 0 atom stereocenters. The Morgan fingerprint density at radius 3 is 2.24 bits per heavy atom. The number of carbonyl (C=O) groups is 1. The monoisotopic (exact) mass is 423 g/mol. The minimum absolute atomic E-state index is 0.0374. The minimum Gasteiger partial charge on any atom is -0.340 e. The summed E-state index contributed by atoms with van der Waals surface area (Å²) in [6.45, 7) is 1.25. The quantitative estimate of drug-likeness (QED) is 0.495. The first-order valence-corrected chi connectivity index (χ1v) is 11.8. The molecule has 29 heavy (non-hydrogen) atoms. The Labute approximate surface area is 172 Å². The maximum Gasteiger partial charge on any atom is 0.269 e. The molecule has 1 aliphatic heterocycles. The van der Waals surface area contributed by atoms with Gasteiger partial charge in [-0.05, 0) is 30.9 Å². The van der Waals surface area contributed by atoms with Crippen molar-refractivity contribution in [1.29, 1.82) is 0 Å². The van der Waals surface area contributed by atoms with Gasteiger partial charge in [0.25, 0.3) is 5.69 Å². The first kappa shape index (κ1) is 21.7. The second kappa shape index (κ2) is 9.67. The Morgan fingerprint density at radius 2 is 1.66 bits per heavy atom. The summed E-state index contributed by atoms with van der Waals surface area (Å²) in [4.78, 5) is 24.4. The number of hydrogen-bond acceptors (Lipinski definition) is 5. The first-order valence-electron chi connectivity index (χ1n) is 10.4. The van der Waals surface area contributed by atoms with Gasteiger partial charge in [-0.15, -0.1) is 0 Å². The lowest BCUT2D eigenvalue weighted by Gasteiger charge is -2.34. The van der Waals surface area contributed by atoms with Gasteiger partial charge in [-0.2, -0.15) is 4.31 Å². The third-order valence-electron chi connectivity index (χ3n) is 6.00. The average Bonchev–Trinajstić information content (AvgIpc) is 2.74. The second-order valence-corrected chi connectivity index (χ2v) is 9.87. The summed E-state index contributed by atoms with van der Waals surface area (Å²) >= 11 is 0. The molecule has 0 bridgehead atoms. The summed E-state index contributed by atoms with van der Waals surface area (Å²) in [5.74, 6) is 0.869. The number of hydrogen-bond donors (Lipinski definition) is 0.